The van der Waals surface area contributed by atoms with E-state index in [1.165, 1.54) is 18.4 Å². The normalized spacial score (nSPS) is 13.7. The van der Waals surface area contributed by atoms with E-state index in [0.717, 1.165) is 6.42 Å². The smallest absolute Gasteiger partial charge is 0.0203 e. The molecule has 0 rings (SSSR count). The molecule has 1 unspecified atom stereocenters. The number of rotatable bonds is 5. The van der Waals surface area contributed by atoms with Gasteiger partial charge in [-0.1, -0.05) is 44.6 Å². The maximum atomic E-state index is 3.92. The summed E-state index contributed by atoms with van der Waals surface area (Å²) in [6.45, 7) is 10.4. The molecule has 11 heavy (non-hydrogen) atoms. The third-order valence-electron chi connectivity index (χ3n) is 1.95. The first-order valence-electron chi connectivity index (χ1n) is 4.48. The molecule has 0 radical (unpaired) electrons. The molecule has 0 aliphatic heterocycles. The van der Waals surface area contributed by atoms with Crippen molar-refractivity contribution in [1.82, 2.24) is 0 Å². The van der Waals surface area contributed by atoms with Crippen LogP contribution in [0.5, 0.6) is 0 Å². The van der Waals surface area contributed by atoms with Crippen molar-refractivity contribution in [3.8, 4) is 0 Å². The van der Waals surface area contributed by atoms with Crippen LogP contribution in [0.4, 0.5) is 0 Å². The van der Waals surface area contributed by atoms with Crippen molar-refractivity contribution in [2.24, 2.45) is 5.92 Å². The topological polar surface area (TPSA) is 0 Å². The predicted octanol–water partition coefficient (Wildman–Crippen LogP) is 3.95. The van der Waals surface area contributed by atoms with Crippen molar-refractivity contribution in [2.45, 2.75) is 40.0 Å². The third kappa shape index (κ3) is 5.90. The summed E-state index contributed by atoms with van der Waals surface area (Å²) in [5.41, 5.74) is 1.28. The number of unbranched alkanes of at least 4 members (excludes halogenated alkanes) is 1. The minimum Gasteiger partial charge on any atom is -0.0999 e. The molecule has 0 amide bonds. The molecule has 0 saturated carbocycles. The Morgan fingerprint density at radius 3 is 2.55 bits per heavy atom. The number of hydrogen-bond acceptors (Lipinski definition) is 0. The maximum Gasteiger partial charge on any atom is -0.0203 e. The molecule has 0 aromatic heterocycles. The first kappa shape index (κ1) is 10.5. The SMILES string of the molecule is C=C(C)C(C)CC=CCCC. The molecule has 0 spiro atoms. The van der Waals surface area contributed by atoms with Crippen LogP contribution in [0.3, 0.4) is 0 Å². The summed E-state index contributed by atoms with van der Waals surface area (Å²) in [6, 6.07) is 0. The fourth-order valence-corrected chi connectivity index (χ4v) is 0.786. The van der Waals surface area contributed by atoms with Crippen LogP contribution in [0.2, 0.25) is 0 Å². The first-order chi connectivity index (χ1) is 5.18. The lowest BCUT2D eigenvalue weighted by molar-refractivity contribution is 0.696. The molecule has 0 bridgehead atoms. The Hall–Kier alpha value is -0.520. The zero-order chi connectivity index (χ0) is 8.69. The van der Waals surface area contributed by atoms with Gasteiger partial charge in [0.05, 0.1) is 0 Å². The molecule has 0 aliphatic rings. The standard InChI is InChI=1S/C11H20/c1-5-6-7-8-9-11(4)10(2)3/h7-8,11H,2,5-6,9H2,1,3-4H3. The van der Waals surface area contributed by atoms with Gasteiger partial charge in [0.1, 0.15) is 0 Å². The van der Waals surface area contributed by atoms with E-state index in [4.69, 9.17) is 0 Å². The average molecular weight is 152 g/mol. The van der Waals surface area contributed by atoms with Crippen molar-refractivity contribution >= 4 is 0 Å². The van der Waals surface area contributed by atoms with E-state index in [-0.39, 0.29) is 0 Å². The summed E-state index contributed by atoms with van der Waals surface area (Å²) in [5, 5.41) is 0. The van der Waals surface area contributed by atoms with Crippen LogP contribution in [-0.4, -0.2) is 0 Å². The quantitative estimate of drug-likeness (QED) is 0.523. The van der Waals surface area contributed by atoms with Crippen molar-refractivity contribution in [3.63, 3.8) is 0 Å². The van der Waals surface area contributed by atoms with Crippen LogP contribution in [0.25, 0.3) is 0 Å². The van der Waals surface area contributed by atoms with Gasteiger partial charge in [-0.15, -0.1) is 0 Å². The summed E-state index contributed by atoms with van der Waals surface area (Å²) < 4.78 is 0. The highest BCUT2D eigenvalue weighted by molar-refractivity contribution is 4.97. The zero-order valence-corrected chi connectivity index (χ0v) is 8.06. The molecule has 0 fully saturated rings. The molecule has 0 aromatic carbocycles. The molecule has 0 N–H and O–H groups in total. The van der Waals surface area contributed by atoms with Gasteiger partial charge in [-0.3, -0.25) is 0 Å². The lowest BCUT2D eigenvalue weighted by atomic mass is 10.0. The van der Waals surface area contributed by atoms with Crippen LogP contribution < -0.4 is 0 Å². The highest BCUT2D eigenvalue weighted by Crippen LogP contribution is 2.12. The molecule has 64 valence electrons. The molecule has 1 atom stereocenters. The molecule has 0 aliphatic carbocycles. The fraction of sp³-hybridized carbons (Fsp3) is 0.636. The van der Waals surface area contributed by atoms with E-state index in [9.17, 15) is 0 Å². The van der Waals surface area contributed by atoms with Gasteiger partial charge in [-0.25, -0.2) is 0 Å². The van der Waals surface area contributed by atoms with E-state index in [1.807, 2.05) is 0 Å². The third-order valence-corrected chi connectivity index (χ3v) is 1.95. The highest BCUT2D eigenvalue weighted by Gasteiger charge is 1.97. The Morgan fingerprint density at radius 2 is 2.09 bits per heavy atom. The minimum atomic E-state index is 0.642. The molecule has 0 saturated heterocycles. The van der Waals surface area contributed by atoms with Crippen molar-refractivity contribution in [2.75, 3.05) is 0 Å². The van der Waals surface area contributed by atoms with E-state index in [2.05, 4.69) is 39.5 Å². The van der Waals surface area contributed by atoms with Gasteiger partial charge >= 0.3 is 0 Å². The van der Waals surface area contributed by atoms with Gasteiger partial charge < -0.3 is 0 Å². The van der Waals surface area contributed by atoms with Gasteiger partial charge in [0.2, 0.25) is 0 Å². The molecular formula is C11H20. The van der Waals surface area contributed by atoms with E-state index >= 15 is 0 Å². The predicted molar refractivity (Wildman–Crippen MR) is 52.6 cm³/mol. The Morgan fingerprint density at radius 1 is 1.45 bits per heavy atom. The van der Waals surface area contributed by atoms with Gasteiger partial charge in [-0.05, 0) is 25.7 Å². The van der Waals surface area contributed by atoms with Gasteiger partial charge in [-0.2, -0.15) is 0 Å². The Labute approximate surface area is 71.0 Å². The minimum absolute atomic E-state index is 0.642. The van der Waals surface area contributed by atoms with Crippen molar-refractivity contribution < 1.29 is 0 Å². The molecule has 0 heterocycles. The molecular weight excluding hydrogens is 132 g/mol. The highest BCUT2D eigenvalue weighted by atomic mass is 14.0. The second kappa shape index (κ2) is 6.21. The summed E-state index contributed by atoms with van der Waals surface area (Å²) in [5.74, 6) is 0.642. The van der Waals surface area contributed by atoms with Crippen LogP contribution in [-0.2, 0) is 0 Å². The Balaban J connectivity index is 3.44. The van der Waals surface area contributed by atoms with Crippen LogP contribution in [0, 0.1) is 5.92 Å². The molecule has 0 aromatic rings. The average Bonchev–Trinajstić information content (AvgIpc) is 1.97. The van der Waals surface area contributed by atoms with Crippen LogP contribution in [0.15, 0.2) is 24.3 Å². The molecule has 0 heteroatoms. The maximum absolute atomic E-state index is 3.92. The lowest BCUT2D eigenvalue weighted by Gasteiger charge is -2.06. The summed E-state index contributed by atoms with van der Waals surface area (Å²) in [6.07, 6.45) is 8.14. The van der Waals surface area contributed by atoms with Gasteiger partial charge in [0.15, 0.2) is 0 Å². The van der Waals surface area contributed by atoms with E-state index in [0.29, 0.717) is 5.92 Å². The van der Waals surface area contributed by atoms with Crippen molar-refractivity contribution in [1.29, 1.82) is 0 Å². The Kier molecular flexibility index (Phi) is 5.91. The second-order valence-corrected chi connectivity index (χ2v) is 3.24. The van der Waals surface area contributed by atoms with Gasteiger partial charge in [0.25, 0.3) is 0 Å². The second-order valence-electron chi connectivity index (χ2n) is 3.24. The van der Waals surface area contributed by atoms with Crippen molar-refractivity contribution in [3.05, 3.63) is 24.3 Å². The summed E-state index contributed by atoms with van der Waals surface area (Å²) in [7, 11) is 0. The largest absolute Gasteiger partial charge is 0.0999 e. The number of hydrogen-bond donors (Lipinski definition) is 0. The monoisotopic (exact) mass is 152 g/mol. The van der Waals surface area contributed by atoms with Crippen LogP contribution in [0.1, 0.15) is 40.0 Å². The summed E-state index contributed by atoms with van der Waals surface area (Å²) in [4.78, 5) is 0. The number of allylic oxidation sites excluding steroid dienone is 3. The lowest BCUT2D eigenvalue weighted by Crippen LogP contribution is -1.91. The van der Waals surface area contributed by atoms with Crippen LogP contribution >= 0.6 is 0 Å². The first-order valence-corrected chi connectivity index (χ1v) is 4.48. The van der Waals surface area contributed by atoms with Gasteiger partial charge in [0, 0.05) is 0 Å². The molecule has 0 nitrogen and oxygen atoms in total. The summed E-state index contributed by atoms with van der Waals surface area (Å²) >= 11 is 0. The van der Waals surface area contributed by atoms with E-state index in [1.54, 1.807) is 0 Å². The Bertz CT molecular complexity index is 131. The zero-order valence-electron chi connectivity index (χ0n) is 8.06. The van der Waals surface area contributed by atoms with E-state index < -0.39 is 0 Å². The fourth-order valence-electron chi connectivity index (χ4n) is 0.786.